The van der Waals surface area contributed by atoms with Crippen LogP contribution >= 0.6 is 0 Å². The van der Waals surface area contributed by atoms with Gasteiger partial charge in [-0.25, -0.2) is 4.68 Å². The standard InChI is InChI=1S/C24H25N5O4/c1-14(2)23(31)26-15-4-6-16(7-5-15)28-13-12-19-20(22(25)30)27-29(21(19)24(28)32)17-8-10-18(33-3)11-9-17/h4-11,14H,12-13H2,1-3H3,(H2,25,30)(H,26,31). The van der Waals surface area contributed by atoms with Crippen LogP contribution in [0.25, 0.3) is 5.69 Å². The first-order valence-corrected chi connectivity index (χ1v) is 10.6. The van der Waals surface area contributed by atoms with E-state index in [9.17, 15) is 14.4 Å². The lowest BCUT2D eigenvalue weighted by Crippen LogP contribution is -2.39. The minimum atomic E-state index is -0.676. The summed E-state index contributed by atoms with van der Waals surface area (Å²) in [6, 6.07) is 14.1. The summed E-state index contributed by atoms with van der Waals surface area (Å²) in [7, 11) is 1.57. The first kappa shape index (κ1) is 22.1. The molecule has 0 bridgehead atoms. The first-order chi connectivity index (χ1) is 15.8. The molecule has 0 atom stereocenters. The second-order valence-electron chi connectivity index (χ2n) is 8.05. The Bertz CT molecular complexity index is 1210. The Hall–Kier alpha value is -4.14. The van der Waals surface area contributed by atoms with Gasteiger partial charge in [-0.3, -0.25) is 14.4 Å². The van der Waals surface area contributed by atoms with Crippen molar-refractivity contribution < 1.29 is 19.1 Å². The molecule has 1 aromatic heterocycles. The number of carbonyl (C=O) groups excluding carboxylic acids is 3. The molecule has 33 heavy (non-hydrogen) atoms. The van der Waals surface area contributed by atoms with Crippen LogP contribution in [0.3, 0.4) is 0 Å². The van der Waals surface area contributed by atoms with Crippen molar-refractivity contribution >= 4 is 29.1 Å². The number of nitrogens with one attached hydrogen (secondary N) is 1. The number of benzene rings is 2. The molecule has 0 saturated carbocycles. The molecule has 0 saturated heterocycles. The monoisotopic (exact) mass is 447 g/mol. The average molecular weight is 447 g/mol. The molecule has 2 aromatic carbocycles. The van der Waals surface area contributed by atoms with Gasteiger partial charge >= 0.3 is 0 Å². The number of carbonyl (C=O) groups is 3. The zero-order valence-corrected chi connectivity index (χ0v) is 18.7. The van der Waals surface area contributed by atoms with Crippen molar-refractivity contribution in [3.05, 3.63) is 65.5 Å². The van der Waals surface area contributed by atoms with Gasteiger partial charge in [-0.15, -0.1) is 0 Å². The average Bonchev–Trinajstić information content (AvgIpc) is 3.21. The molecule has 4 rings (SSSR count). The molecular weight excluding hydrogens is 422 g/mol. The summed E-state index contributed by atoms with van der Waals surface area (Å²) in [4.78, 5) is 39.1. The van der Waals surface area contributed by atoms with Gasteiger partial charge in [0.2, 0.25) is 5.91 Å². The Balaban J connectivity index is 1.69. The Kier molecular flexibility index (Phi) is 5.87. The highest BCUT2D eigenvalue weighted by Gasteiger charge is 2.34. The number of amides is 3. The van der Waals surface area contributed by atoms with E-state index in [4.69, 9.17) is 10.5 Å². The predicted octanol–water partition coefficient (Wildman–Crippen LogP) is 2.78. The van der Waals surface area contributed by atoms with E-state index >= 15 is 0 Å². The molecule has 3 amide bonds. The van der Waals surface area contributed by atoms with Crippen LogP contribution in [0.4, 0.5) is 11.4 Å². The summed E-state index contributed by atoms with van der Waals surface area (Å²) in [5, 5.41) is 7.20. The molecule has 2 heterocycles. The summed E-state index contributed by atoms with van der Waals surface area (Å²) in [5.74, 6) is -0.517. The summed E-state index contributed by atoms with van der Waals surface area (Å²) < 4.78 is 6.66. The SMILES string of the molecule is COc1ccc(-n2nc(C(N)=O)c3c2C(=O)N(c2ccc(NC(=O)C(C)C)cc2)CC3)cc1. The second-order valence-corrected chi connectivity index (χ2v) is 8.05. The van der Waals surface area contributed by atoms with Crippen LogP contribution < -0.4 is 20.7 Å². The van der Waals surface area contributed by atoms with Gasteiger partial charge in [0.25, 0.3) is 11.8 Å². The van der Waals surface area contributed by atoms with Crippen LogP contribution in [0.2, 0.25) is 0 Å². The number of rotatable bonds is 6. The number of primary amides is 1. The largest absolute Gasteiger partial charge is 0.497 e. The summed E-state index contributed by atoms with van der Waals surface area (Å²) in [5.41, 5.74) is 8.44. The Morgan fingerprint density at radius 1 is 1.06 bits per heavy atom. The second kappa shape index (κ2) is 8.78. The van der Waals surface area contributed by atoms with E-state index < -0.39 is 5.91 Å². The molecular formula is C24H25N5O4. The van der Waals surface area contributed by atoms with Gasteiger partial charge in [0.15, 0.2) is 5.69 Å². The van der Waals surface area contributed by atoms with Crippen molar-refractivity contribution in [2.45, 2.75) is 20.3 Å². The topological polar surface area (TPSA) is 120 Å². The number of hydrogen-bond donors (Lipinski definition) is 2. The van der Waals surface area contributed by atoms with E-state index in [1.807, 2.05) is 13.8 Å². The van der Waals surface area contributed by atoms with E-state index in [2.05, 4.69) is 10.4 Å². The molecule has 1 aliphatic rings. The number of aromatic nitrogens is 2. The molecule has 3 N–H and O–H groups in total. The molecule has 170 valence electrons. The third kappa shape index (κ3) is 4.17. The Morgan fingerprint density at radius 2 is 1.70 bits per heavy atom. The zero-order valence-electron chi connectivity index (χ0n) is 18.7. The van der Waals surface area contributed by atoms with Crippen molar-refractivity contribution in [1.29, 1.82) is 0 Å². The molecule has 0 fully saturated rings. The van der Waals surface area contributed by atoms with Crippen LogP contribution in [0.1, 0.15) is 40.4 Å². The normalized spacial score (nSPS) is 13.1. The van der Waals surface area contributed by atoms with Crippen LogP contribution in [-0.4, -0.2) is 41.2 Å². The quantitative estimate of drug-likeness (QED) is 0.602. The summed E-state index contributed by atoms with van der Waals surface area (Å²) in [6.45, 7) is 4.01. The van der Waals surface area contributed by atoms with Gasteiger partial charge in [-0.2, -0.15) is 5.10 Å². The summed E-state index contributed by atoms with van der Waals surface area (Å²) in [6.07, 6.45) is 0.432. The number of nitrogens with zero attached hydrogens (tertiary/aromatic N) is 3. The molecule has 0 aliphatic carbocycles. The number of anilines is 2. The number of methoxy groups -OCH3 is 1. The lowest BCUT2D eigenvalue weighted by molar-refractivity contribution is -0.118. The number of hydrogen-bond acceptors (Lipinski definition) is 5. The van der Waals surface area contributed by atoms with Crippen molar-refractivity contribution in [2.75, 3.05) is 23.9 Å². The van der Waals surface area contributed by atoms with Crippen LogP contribution in [-0.2, 0) is 11.2 Å². The highest BCUT2D eigenvalue weighted by atomic mass is 16.5. The van der Waals surface area contributed by atoms with E-state index in [-0.39, 0.29) is 23.4 Å². The zero-order chi connectivity index (χ0) is 23.7. The van der Waals surface area contributed by atoms with Gasteiger partial charge in [0.1, 0.15) is 11.4 Å². The van der Waals surface area contributed by atoms with Crippen LogP contribution in [0, 0.1) is 5.92 Å². The predicted molar refractivity (Wildman–Crippen MR) is 124 cm³/mol. The molecule has 3 aromatic rings. The minimum absolute atomic E-state index is 0.0798. The molecule has 0 unspecified atom stereocenters. The molecule has 0 radical (unpaired) electrons. The minimum Gasteiger partial charge on any atom is -0.497 e. The number of ether oxygens (including phenoxy) is 1. The molecule has 9 nitrogen and oxygen atoms in total. The lowest BCUT2D eigenvalue weighted by Gasteiger charge is -2.28. The number of fused-ring (bicyclic) bond motifs is 1. The molecule has 1 aliphatic heterocycles. The smallest absolute Gasteiger partial charge is 0.277 e. The van der Waals surface area contributed by atoms with Gasteiger partial charge in [-0.05, 0) is 55.0 Å². The van der Waals surface area contributed by atoms with Gasteiger partial charge < -0.3 is 20.7 Å². The third-order valence-corrected chi connectivity index (χ3v) is 5.54. The maximum atomic E-state index is 13.5. The Labute approximate surface area is 191 Å². The van der Waals surface area contributed by atoms with Crippen molar-refractivity contribution in [2.24, 2.45) is 11.7 Å². The van der Waals surface area contributed by atoms with Crippen molar-refractivity contribution in [1.82, 2.24) is 9.78 Å². The molecule has 0 spiro atoms. The molecule has 9 heteroatoms. The highest BCUT2D eigenvalue weighted by molar-refractivity contribution is 6.09. The lowest BCUT2D eigenvalue weighted by atomic mass is 10.0. The fraction of sp³-hybridized carbons (Fsp3) is 0.250. The van der Waals surface area contributed by atoms with E-state index in [1.54, 1.807) is 60.5 Å². The maximum Gasteiger partial charge on any atom is 0.277 e. The highest BCUT2D eigenvalue weighted by Crippen LogP contribution is 2.30. The third-order valence-electron chi connectivity index (χ3n) is 5.54. The van der Waals surface area contributed by atoms with Gasteiger partial charge in [0.05, 0.1) is 12.8 Å². The number of nitrogens with two attached hydrogens (primary N) is 1. The fourth-order valence-corrected chi connectivity index (χ4v) is 3.73. The van der Waals surface area contributed by atoms with Gasteiger partial charge in [-0.1, -0.05) is 13.8 Å². The van der Waals surface area contributed by atoms with E-state index in [0.29, 0.717) is 47.0 Å². The van der Waals surface area contributed by atoms with E-state index in [0.717, 1.165) is 0 Å². The van der Waals surface area contributed by atoms with Crippen molar-refractivity contribution in [3.63, 3.8) is 0 Å². The van der Waals surface area contributed by atoms with Crippen LogP contribution in [0.5, 0.6) is 5.75 Å². The Morgan fingerprint density at radius 3 is 2.27 bits per heavy atom. The van der Waals surface area contributed by atoms with Gasteiger partial charge in [0, 0.05) is 29.4 Å². The fourth-order valence-electron chi connectivity index (χ4n) is 3.73. The van der Waals surface area contributed by atoms with Crippen molar-refractivity contribution in [3.8, 4) is 11.4 Å². The van der Waals surface area contributed by atoms with E-state index in [1.165, 1.54) is 4.68 Å². The summed E-state index contributed by atoms with van der Waals surface area (Å²) >= 11 is 0. The van der Waals surface area contributed by atoms with Crippen LogP contribution in [0.15, 0.2) is 48.5 Å². The maximum absolute atomic E-state index is 13.5. The first-order valence-electron chi connectivity index (χ1n) is 10.6.